The Morgan fingerprint density at radius 3 is 2.38 bits per heavy atom. The van der Waals surface area contributed by atoms with Gasteiger partial charge in [0.25, 0.3) is 0 Å². The first kappa shape index (κ1) is 16.5. The minimum absolute atomic E-state index is 0.210. The average Bonchev–Trinajstić information content (AvgIpc) is 3.12. The molecular formula is C21H20N2O2S. The zero-order valence-electron chi connectivity index (χ0n) is 14.6. The maximum Gasteiger partial charge on any atom is 0.323 e. The van der Waals surface area contributed by atoms with Gasteiger partial charge in [-0.3, -0.25) is 4.57 Å². The van der Waals surface area contributed by atoms with Crippen molar-refractivity contribution >= 4 is 33.4 Å². The molecule has 1 aliphatic rings. The third-order valence-corrected chi connectivity index (χ3v) is 6.12. The van der Waals surface area contributed by atoms with Gasteiger partial charge < -0.3 is 10.8 Å². The molecule has 26 heavy (non-hydrogen) atoms. The van der Waals surface area contributed by atoms with E-state index >= 15 is 0 Å². The number of hydrogen-bond acceptors (Lipinski definition) is 2. The maximum atomic E-state index is 12.4. The van der Waals surface area contributed by atoms with E-state index in [4.69, 9.17) is 5.73 Å². The van der Waals surface area contributed by atoms with E-state index < -0.39 is 6.03 Å². The smallest absolute Gasteiger partial charge is 0.323 e. The maximum absolute atomic E-state index is 12.4. The van der Waals surface area contributed by atoms with Crippen molar-refractivity contribution in [1.82, 2.24) is 4.57 Å². The monoisotopic (exact) mass is 364 g/mol. The standard InChI is InChI=1S/C21H20N2O2S/c1-13-11-26(2)12-17(13)20-19(14-7-9-15(24)10-8-14)16-5-3-4-6-18(16)23(20)21(22)25/h3-12,24,26H,1-2H3,(H2,22,25). The van der Waals surface area contributed by atoms with Crippen LogP contribution in [0.1, 0.15) is 12.6 Å². The molecule has 1 amide bonds. The normalized spacial score (nSPS) is 18.0. The van der Waals surface area contributed by atoms with Crippen LogP contribution in [-0.4, -0.2) is 22.0 Å². The van der Waals surface area contributed by atoms with Gasteiger partial charge in [-0.15, -0.1) is 0 Å². The number of para-hydroxylation sites is 1. The highest BCUT2D eigenvalue weighted by molar-refractivity contribution is 8.22. The summed E-state index contributed by atoms with van der Waals surface area (Å²) >= 11 is 0. The van der Waals surface area contributed by atoms with Gasteiger partial charge in [0.15, 0.2) is 0 Å². The molecule has 3 aromatic rings. The largest absolute Gasteiger partial charge is 0.508 e. The number of amides is 1. The average molecular weight is 364 g/mol. The number of carbonyl (C=O) groups is 1. The number of primary amides is 1. The first-order valence-electron chi connectivity index (χ1n) is 8.33. The van der Waals surface area contributed by atoms with E-state index in [2.05, 4.69) is 24.0 Å². The fourth-order valence-corrected chi connectivity index (χ4v) is 5.17. The van der Waals surface area contributed by atoms with E-state index in [0.29, 0.717) is 0 Å². The number of phenols is 1. The summed E-state index contributed by atoms with van der Waals surface area (Å²) in [6.07, 6.45) is 2.18. The predicted octanol–water partition coefficient (Wildman–Crippen LogP) is 4.83. The SMILES string of the molecule is CC1=C[SH](C)C=C1c1c(-c2ccc(O)cc2)c2ccccc2n1C(N)=O. The number of rotatable bonds is 2. The van der Waals surface area contributed by atoms with Crippen molar-refractivity contribution in [1.29, 1.82) is 0 Å². The van der Waals surface area contributed by atoms with Crippen molar-refractivity contribution in [3.63, 3.8) is 0 Å². The van der Waals surface area contributed by atoms with Crippen molar-refractivity contribution in [2.75, 3.05) is 6.26 Å². The lowest BCUT2D eigenvalue weighted by Gasteiger charge is -2.12. The molecule has 1 unspecified atom stereocenters. The molecule has 3 N–H and O–H groups in total. The van der Waals surface area contributed by atoms with Gasteiger partial charge in [-0.1, -0.05) is 30.3 Å². The Morgan fingerprint density at radius 2 is 1.77 bits per heavy atom. The number of benzene rings is 2. The highest BCUT2D eigenvalue weighted by Gasteiger charge is 2.26. The van der Waals surface area contributed by atoms with Gasteiger partial charge in [0.2, 0.25) is 0 Å². The Hall–Kier alpha value is -2.92. The summed E-state index contributed by atoms with van der Waals surface area (Å²) in [4.78, 5) is 12.4. The van der Waals surface area contributed by atoms with Crippen LogP contribution in [0.4, 0.5) is 4.79 Å². The lowest BCUT2D eigenvalue weighted by atomic mass is 9.96. The first-order chi connectivity index (χ1) is 12.5. The lowest BCUT2D eigenvalue weighted by Crippen LogP contribution is -2.21. The van der Waals surface area contributed by atoms with Crippen molar-refractivity contribution < 1.29 is 9.90 Å². The second-order valence-corrected chi connectivity index (χ2v) is 8.33. The number of nitrogens with zero attached hydrogens (tertiary/aromatic N) is 1. The number of nitrogens with two attached hydrogens (primary N) is 1. The molecular weight excluding hydrogens is 344 g/mol. The fraction of sp³-hybridized carbons (Fsp3) is 0.0952. The number of fused-ring (bicyclic) bond motifs is 1. The molecule has 0 fully saturated rings. The molecule has 0 bridgehead atoms. The molecule has 0 saturated carbocycles. The van der Waals surface area contributed by atoms with Crippen molar-refractivity contribution in [2.24, 2.45) is 5.73 Å². The third-order valence-electron chi connectivity index (χ3n) is 4.66. The fourth-order valence-electron chi connectivity index (χ4n) is 3.61. The Morgan fingerprint density at radius 1 is 1.08 bits per heavy atom. The summed E-state index contributed by atoms with van der Waals surface area (Å²) in [6, 6.07) is 14.3. The predicted molar refractivity (Wildman–Crippen MR) is 111 cm³/mol. The molecule has 0 saturated heterocycles. The van der Waals surface area contributed by atoms with Gasteiger partial charge in [-0.25, -0.2) is 15.7 Å². The number of carbonyl (C=O) groups excluding carboxylic acids is 1. The van der Waals surface area contributed by atoms with Crippen LogP contribution in [0.15, 0.2) is 64.9 Å². The van der Waals surface area contributed by atoms with E-state index in [0.717, 1.165) is 38.9 Å². The molecule has 0 aliphatic carbocycles. The minimum atomic E-state index is -0.498. The molecule has 132 valence electrons. The van der Waals surface area contributed by atoms with Gasteiger partial charge in [0.1, 0.15) is 5.75 Å². The van der Waals surface area contributed by atoms with Gasteiger partial charge >= 0.3 is 6.03 Å². The molecule has 1 atom stereocenters. The molecule has 0 spiro atoms. The number of thiol groups is 1. The molecule has 2 aromatic carbocycles. The van der Waals surface area contributed by atoms with Crippen LogP contribution in [0.25, 0.3) is 27.6 Å². The van der Waals surface area contributed by atoms with Gasteiger partial charge in [0, 0.05) is 16.5 Å². The summed E-state index contributed by atoms with van der Waals surface area (Å²) in [6.45, 7) is 2.07. The van der Waals surface area contributed by atoms with E-state index in [1.807, 2.05) is 36.4 Å². The molecule has 0 radical (unpaired) electrons. The topological polar surface area (TPSA) is 68.2 Å². The van der Waals surface area contributed by atoms with Crippen molar-refractivity contribution in [3.05, 3.63) is 70.6 Å². The number of aromatic nitrogens is 1. The Bertz CT molecular complexity index is 1090. The second kappa shape index (κ2) is 6.11. The third kappa shape index (κ3) is 2.52. The molecule has 5 heteroatoms. The number of hydrogen-bond donors (Lipinski definition) is 3. The number of phenolic OH excluding ortho intramolecular Hbond substituents is 1. The Balaban J connectivity index is 2.14. The second-order valence-electron chi connectivity index (χ2n) is 6.48. The molecule has 4 rings (SSSR count). The van der Waals surface area contributed by atoms with Crippen molar-refractivity contribution in [3.8, 4) is 16.9 Å². The van der Waals surface area contributed by atoms with Crippen molar-refractivity contribution in [2.45, 2.75) is 6.92 Å². The van der Waals surface area contributed by atoms with Gasteiger partial charge in [-0.2, -0.15) is 0 Å². The van der Waals surface area contributed by atoms with Crippen LogP contribution >= 0.6 is 10.9 Å². The number of aromatic hydroxyl groups is 1. The summed E-state index contributed by atoms with van der Waals surface area (Å²) < 4.78 is 1.61. The molecule has 2 heterocycles. The van der Waals surface area contributed by atoms with Crippen LogP contribution in [-0.2, 0) is 0 Å². The lowest BCUT2D eigenvalue weighted by molar-refractivity contribution is 0.251. The van der Waals surface area contributed by atoms with Gasteiger partial charge in [-0.05, 0) is 53.3 Å². The summed E-state index contributed by atoms with van der Waals surface area (Å²) in [5, 5.41) is 15.1. The molecule has 1 aliphatic heterocycles. The molecule has 4 nitrogen and oxygen atoms in total. The van der Waals surface area contributed by atoms with Gasteiger partial charge in [0.05, 0.1) is 11.2 Å². The Kier molecular flexibility index (Phi) is 3.89. The summed E-state index contributed by atoms with van der Waals surface area (Å²) in [5.41, 5.74) is 11.5. The van der Waals surface area contributed by atoms with E-state index in [1.165, 1.54) is 0 Å². The minimum Gasteiger partial charge on any atom is -0.508 e. The summed E-state index contributed by atoms with van der Waals surface area (Å²) in [7, 11) is -0.344. The highest BCUT2D eigenvalue weighted by atomic mass is 32.2. The van der Waals surface area contributed by atoms with E-state index in [1.54, 1.807) is 16.7 Å². The van der Waals surface area contributed by atoms with E-state index in [-0.39, 0.29) is 16.6 Å². The Labute approximate surface area is 154 Å². The zero-order valence-corrected chi connectivity index (χ0v) is 15.5. The highest BCUT2D eigenvalue weighted by Crippen LogP contribution is 2.47. The van der Waals surface area contributed by atoms with E-state index in [9.17, 15) is 9.90 Å². The van der Waals surface area contributed by atoms with Crippen LogP contribution in [0.5, 0.6) is 5.75 Å². The van der Waals surface area contributed by atoms with Crippen LogP contribution in [0, 0.1) is 0 Å². The first-order valence-corrected chi connectivity index (χ1v) is 10.3. The van der Waals surface area contributed by atoms with Crippen LogP contribution in [0.2, 0.25) is 0 Å². The summed E-state index contributed by atoms with van der Waals surface area (Å²) in [5.74, 6) is 0.210. The van der Waals surface area contributed by atoms with Crippen LogP contribution in [0.3, 0.4) is 0 Å². The van der Waals surface area contributed by atoms with Crippen LogP contribution < -0.4 is 5.73 Å². The molecule has 1 aromatic heterocycles. The number of allylic oxidation sites excluding steroid dienone is 2. The zero-order chi connectivity index (χ0) is 18.4. The quantitative estimate of drug-likeness (QED) is 0.570.